The molecule has 4 heteroatoms. The van der Waals surface area contributed by atoms with Crippen LogP contribution in [0.25, 0.3) is 0 Å². The van der Waals surface area contributed by atoms with E-state index in [9.17, 15) is 0 Å². The van der Waals surface area contributed by atoms with E-state index in [1.54, 1.807) is 11.8 Å². The maximum atomic E-state index is 4.53. The SMILES string of the molecule is CCCC(CS)CSc1nc(C)c(C)c(C)n1. The second kappa shape index (κ2) is 7.27. The standard InChI is InChI=1S/C13H22N2S2/c1-5-6-12(7-16)8-17-13-14-10(3)9(2)11(4)15-13/h12,16H,5-8H2,1-4H3. The first-order valence-corrected chi connectivity index (χ1v) is 7.75. The van der Waals surface area contributed by atoms with Crippen LogP contribution in [-0.4, -0.2) is 21.5 Å². The molecular formula is C13H22N2S2. The zero-order chi connectivity index (χ0) is 12.8. The zero-order valence-corrected chi connectivity index (χ0v) is 12.9. The maximum Gasteiger partial charge on any atom is 0.188 e. The molecule has 1 unspecified atom stereocenters. The first kappa shape index (κ1) is 14.8. The van der Waals surface area contributed by atoms with E-state index in [2.05, 4.69) is 50.3 Å². The highest BCUT2D eigenvalue weighted by Crippen LogP contribution is 2.22. The molecule has 17 heavy (non-hydrogen) atoms. The highest BCUT2D eigenvalue weighted by Gasteiger charge is 2.09. The number of hydrogen-bond acceptors (Lipinski definition) is 4. The summed E-state index contributed by atoms with van der Waals surface area (Å²) in [6.45, 7) is 8.40. The Labute approximate surface area is 114 Å². The molecule has 0 saturated heterocycles. The Morgan fingerprint density at radius 2 is 1.76 bits per heavy atom. The average molecular weight is 270 g/mol. The van der Waals surface area contributed by atoms with Crippen LogP contribution < -0.4 is 0 Å². The van der Waals surface area contributed by atoms with Gasteiger partial charge in [0, 0.05) is 17.1 Å². The Hall–Kier alpha value is -0.220. The molecule has 1 rings (SSSR count). The lowest BCUT2D eigenvalue weighted by Gasteiger charge is -2.12. The summed E-state index contributed by atoms with van der Waals surface area (Å²) in [7, 11) is 0. The van der Waals surface area contributed by atoms with E-state index in [4.69, 9.17) is 0 Å². The fourth-order valence-corrected chi connectivity index (χ4v) is 3.19. The van der Waals surface area contributed by atoms with E-state index in [0.29, 0.717) is 5.92 Å². The van der Waals surface area contributed by atoms with E-state index in [-0.39, 0.29) is 0 Å². The molecule has 0 aromatic carbocycles. The van der Waals surface area contributed by atoms with Crippen LogP contribution in [0.3, 0.4) is 0 Å². The normalized spacial score (nSPS) is 12.8. The number of aromatic nitrogens is 2. The molecule has 1 atom stereocenters. The molecule has 2 nitrogen and oxygen atoms in total. The Morgan fingerprint density at radius 1 is 1.18 bits per heavy atom. The monoisotopic (exact) mass is 270 g/mol. The molecule has 0 saturated carbocycles. The summed E-state index contributed by atoms with van der Waals surface area (Å²) in [5.74, 6) is 2.68. The minimum absolute atomic E-state index is 0.666. The van der Waals surface area contributed by atoms with Crippen LogP contribution in [0.5, 0.6) is 0 Å². The van der Waals surface area contributed by atoms with Gasteiger partial charge in [0.1, 0.15) is 0 Å². The number of thioether (sulfide) groups is 1. The molecule has 1 aromatic heterocycles. The van der Waals surface area contributed by atoms with Gasteiger partial charge >= 0.3 is 0 Å². The van der Waals surface area contributed by atoms with E-state index in [1.165, 1.54) is 18.4 Å². The van der Waals surface area contributed by atoms with Crippen molar-refractivity contribution in [1.29, 1.82) is 0 Å². The van der Waals surface area contributed by atoms with Crippen molar-refractivity contribution in [2.24, 2.45) is 5.92 Å². The molecule has 96 valence electrons. The molecule has 0 aliphatic heterocycles. The summed E-state index contributed by atoms with van der Waals surface area (Å²) >= 11 is 6.16. The van der Waals surface area contributed by atoms with E-state index >= 15 is 0 Å². The molecule has 0 aliphatic carbocycles. The smallest absolute Gasteiger partial charge is 0.188 e. The lowest BCUT2D eigenvalue weighted by Crippen LogP contribution is -2.06. The Balaban J connectivity index is 2.63. The maximum absolute atomic E-state index is 4.53. The van der Waals surface area contributed by atoms with Crippen LogP contribution in [0.2, 0.25) is 0 Å². The number of rotatable bonds is 6. The summed E-state index contributed by atoms with van der Waals surface area (Å²) in [5.41, 5.74) is 3.39. The summed E-state index contributed by atoms with van der Waals surface area (Å²) < 4.78 is 0. The molecule has 0 aliphatic rings. The van der Waals surface area contributed by atoms with Crippen LogP contribution >= 0.6 is 24.4 Å². The minimum atomic E-state index is 0.666. The minimum Gasteiger partial charge on any atom is -0.228 e. The quantitative estimate of drug-likeness (QED) is 0.483. The van der Waals surface area contributed by atoms with Gasteiger partial charge in [-0.05, 0) is 44.4 Å². The number of thiol groups is 1. The predicted molar refractivity (Wildman–Crippen MR) is 79.2 cm³/mol. The van der Waals surface area contributed by atoms with Crippen molar-refractivity contribution in [3.05, 3.63) is 17.0 Å². The van der Waals surface area contributed by atoms with Gasteiger partial charge in [0.2, 0.25) is 0 Å². The van der Waals surface area contributed by atoms with Gasteiger partial charge in [0.15, 0.2) is 5.16 Å². The Kier molecular flexibility index (Phi) is 6.34. The second-order valence-corrected chi connectivity index (χ2v) is 5.80. The third-order valence-corrected chi connectivity index (χ3v) is 4.61. The molecule has 1 aromatic rings. The van der Waals surface area contributed by atoms with Gasteiger partial charge in [-0.3, -0.25) is 0 Å². The van der Waals surface area contributed by atoms with Gasteiger partial charge in [-0.15, -0.1) is 0 Å². The summed E-state index contributed by atoms with van der Waals surface area (Å²) in [6, 6.07) is 0. The van der Waals surface area contributed by atoms with Gasteiger partial charge in [-0.25, -0.2) is 9.97 Å². The van der Waals surface area contributed by atoms with Crippen molar-refractivity contribution in [2.45, 2.75) is 45.7 Å². The molecule has 0 bridgehead atoms. The average Bonchev–Trinajstić information content (AvgIpc) is 2.31. The van der Waals surface area contributed by atoms with E-state index in [0.717, 1.165) is 28.0 Å². The lowest BCUT2D eigenvalue weighted by atomic mass is 10.1. The highest BCUT2D eigenvalue weighted by atomic mass is 32.2. The summed E-state index contributed by atoms with van der Waals surface area (Å²) in [4.78, 5) is 9.05. The fourth-order valence-electron chi connectivity index (χ4n) is 1.63. The summed E-state index contributed by atoms with van der Waals surface area (Å²) in [5, 5.41) is 0.911. The van der Waals surface area contributed by atoms with Crippen molar-refractivity contribution < 1.29 is 0 Å². The van der Waals surface area contributed by atoms with Crippen LogP contribution in [0.15, 0.2) is 5.16 Å². The third kappa shape index (κ3) is 4.51. The molecule has 0 N–H and O–H groups in total. The largest absolute Gasteiger partial charge is 0.228 e. The van der Waals surface area contributed by atoms with Gasteiger partial charge < -0.3 is 0 Å². The fraction of sp³-hybridized carbons (Fsp3) is 0.692. The molecule has 1 heterocycles. The van der Waals surface area contributed by atoms with Crippen molar-refractivity contribution in [3.8, 4) is 0 Å². The van der Waals surface area contributed by atoms with Gasteiger partial charge in [-0.2, -0.15) is 12.6 Å². The lowest BCUT2D eigenvalue weighted by molar-refractivity contribution is 0.595. The highest BCUT2D eigenvalue weighted by molar-refractivity contribution is 7.99. The van der Waals surface area contributed by atoms with Crippen molar-refractivity contribution >= 4 is 24.4 Å². The third-order valence-electron chi connectivity index (χ3n) is 3.02. The van der Waals surface area contributed by atoms with Crippen molar-refractivity contribution in [2.75, 3.05) is 11.5 Å². The van der Waals surface area contributed by atoms with Gasteiger partial charge in [0.05, 0.1) is 0 Å². The van der Waals surface area contributed by atoms with Gasteiger partial charge in [0.25, 0.3) is 0 Å². The molecular weight excluding hydrogens is 248 g/mol. The first-order valence-electron chi connectivity index (χ1n) is 6.14. The van der Waals surface area contributed by atoms with Crippen molar-refractivity contribution in [1.82, 2.24) is 9.97 Å². The van der Waals surface area contributed by atoms with Crippen molar-refractivity contribution in [3.63, 3.8) is 0 Å². The molecule has 0 spiro atoms. The molecule has 0 radical (unpaired) electrons. The topological polar surface area (TPSA) is 25.8 Å². The Bertz CT molecular complexity index is 343. The van der Waals surface area contributed by atoms with Gasteiger partial charge in [-0.1, -0.05) is 25.1 Å². The Morgan fingerprint density at radius 3 is 2.24 bits per heavy atom. The summed E-state index contributed by atoms with van der Waals surface area (Å²) in [6.07, 6.45) is 2.46. The number of hydrogen-bond donors (Lipinski definition) is 1. The van der Waals surface area contributed by atoms with Crippen LogP contribution in [0.4, 0.5) is 0 Å². The second-order valence-electron chi connectivity index (χ2n) is 4.45. The van der Waals surface area contributed by atoms with Crippen LogP contribution in [0, 0.1) is 26.7 Å². The first-order chi connectivity index (χ1) is 8.08. The predicted octanol–water partition coefficient (Wildman–Crippen LogP) is 3.84. The van der Waals surface area contributed by atoms with Crippen LogP contribution in [-0.2, 0) is 0 Å². The van der Waals surface area contributed by atoms with E-state index < -0.39 is 0 Å². The molecule has 0 amide bonds. The number of aryl methyl sites for hydroxylation is 2. The number of nitrogens with zero attached hydrogens (tertiary/aromatic N) is 2. The molecule has 0 fully saturated rings. The zero-order valence-electron chi connectivity index (χ0n) is 11.2. The van der Waals surface area contributed by atoms with Crippen LogP contribution in [0.1, 0.15) is 36.7 Å². The van der Waals surface area contributed by atoms with E-state index in [1.807, 2.05) is 0 Å².